The van der Waals surface area contributed by atoms with Gasteiger partial charge in [0, 0.05) is 17.1 Å². The summed E-state index contributed by atoms with van der Waals surface area (Å²) in [6.45, 7) is 5.88. The van der Waals surface area contributed by atoms with Crippen molar-refractivity contribution in [3.05, 3.63) is 24.3 Å². The highest BCUT2D eigenvalue weighted by atomic mass is 32.2. The van der Waals surface area contributed by atoms with Crippen LogP contribution in [-0.2, 0) is 4.74 Å². The second kappa shape index (κ2) is 7.96. The first-order chi connectivity index (χ1) is 11.9. The molecule has 26 heavy (non-hydrogen) atoms. The number of β-amino-alcohol motifs (C(OH)–C–C–N with tert-alkyl or cyclic N) is 1. The second-order valence-electron chi connectivity index (χ2n) is 7.11. The van der Waals surface area contributed by atoms with Gasteiger partial charge < -0.3 is 20.1 Å². The van der Waals surface area contributed by atoms with Gasteiger partial charge in [0.25, 0.3) is 0 Å². The molecule has 1 aliphatic heterocycles. The quantitative estimate of drug-likeness (QED) is 0.759. The van der Waals surface area contributed by atoms with E-state index in [1.165, 1.54) is 17.0 Å². The first kappa shape index (κ1) is 20.7. The van der Waals surface area contributed by atoms with Gasteiger partial charge in [-0.25, -0.2) is 4.79 Å². The third-order valence-corrected chi connectivity index (χ3v) is 4.41. The highest BCUT2D eigenvalue weighted by Crippen LogP contribution is 2.37. The third kappa shape index (κ3) is 6.60. The number of halogens is 3. The molecule has 1 heterocycles. The molecule has 9 heteroatoms. The van der Waals surface area contributed by atoms with Crippen molar-refractivity contribution < 1.29 is 27.8 Å². The summed E-state index contributed by atoms with van der Waals surface area (Å²) in [5.41, 5.74) is -4.31. The number of anilines is 1. The van der Waals surface area contributed by atoms with E-state index in [0.29, 0.717) is 18.7 Å². The number of alkyl halides is 3. The average Bonchev–Trinajstić information content (AvgIpc) is 2.48. The molecule has 1 fully saturated rings. The molecule has 1 aromatic rings. The molecular formula is C17H23F3N2O3S. The Labute approximate surface area is 154 Å². The second-order valence-corrected chi connectivity index (χ2v) is 8.24. The molecule has 2 rings (SSSR count). The molecule has 1 saturated heterocycles. The van der Waals surface area contributed by atoms with Crippen molar-refractivity contribution in [1.82, 2.24) is 4.90 Å². The van der Waals surface area contributed by atoms with Gasteiger partial charge in [-0.3, -0.25) is 0 Å². The minimum Gasteiger partial charge on any atom is -0.444 e. The van der Waals surface area contributed by atoms with Crippen LogP contribution in [0, 0.1) is 0 Å². The maximum absolute atomic E-state index is 12.3. The minimum absolute atomic E-state index is 0.100. The molecule has 2 atom stereocenters. The third-order valence-electron chi connectivity index (χ3n) is 3.67. The zero-order valence-electron chi connectivity index (χ0n) is 14.8. The fourth-order valence-corrected chi connectivity index (χ4v) is 3.10. The van der Waals surface area contributed by atoms with Gasteiger partial charge in [0.1, 0.15) is 5.60 Å². The Hall–Kier alpha value is -1.61. The van der Waals surface area contributed by atoms with E-state index in [2.05, 4.69) is 5.32 Å². The summed E-state index contributed by atoms with van der Waals surface area (Å²) in [6.07, 6.45) is -0.775. The lowest BCUT2D eigenvalue weighted by Gasteiger charge is -2.37. The maximum Gasteiger partial charge on any atom is 0.446 e. The van der Waals surface area contributed by atoms with Crippen molar-refractivity contribution in [2.45, 2.75) is 55.3 Å². The van der Waals surface area contributed by atoms with Crippen molar-refractivity contribution in [2.75, 3.05) is 18.4 Å². The largest absolute Gasteiger partial charge is 0.446 e. The number of likely N-dealkylation sites (tertiary alicyclic amines) is 1. The topological polar surface area (TPSA) is 61.8 Å². The number of thioether (sulfide) groups is 1. The molecular weight excluding hydrogens is 369 g/mol. The van der Waals surface area contributed by atoms with Gasteiger partial charge in [0.2, 0.25) is 0 Å². The molecule has 0 aliphatic carbocycles. The molecule has 146 valence electrons. The molecule has 2 N–H and O–H groups in total. The molecule has 0 aromatic heterocycles. The van der Waals surface area contributed by atoms with E-state index >= 15 is 0 Å². The molecule has 1 amide bonds. The smallest absolute Gasteiger partial charge is 0.444 e. The highest BCUT2D eigenvalue weighted by Gasteiger charge is 2.32. The number of aliphatic hydroxyl groups is 1. The van der Waals surface area contributed by atoms with Crippen LogP contribution < -0.4 is 5.32 Å². The first-order valence-corrected chi connectivity index (χ1v) is 9.03. The lowest BCUT2D eigenvalue weighted by molar-refractivity contribution is -0.0328. The van der Waals surface area contributed by atoms with Gasteiger partial charge >= 0.3 is 11.6 Å². The Kier molecular flexibility index (Phi) is 6.33. The van der Waals surface area contributed by atoms with Crippen LogP contribution in [0.4, 0.5) is 23.7 Å². The number of hydrogen-bond acceptors (Lipinski definition) is 5. The fourth-order valence-electron chi connectivity index (χ4n) is 2.56. The maximum atomic E-state index is 12.3. The SMILES string of the molecule is CC(C)(C)OC(=O)N1CC[C@@H](Nc2ccc(SC(F)(F)F)cc2)[C@@H](O)C1. The van der Waals surface area contributed by atoms with Gasteiger partial charge in [-0.15, -0.1) is 0 Å². The molecule has 5 nitrogen and oxygen atoms in total. The van der Waals surface area contributed by atoms with E-state index in [1.807, 2.05) is 0 Å². The molecule has 0 unspecified atom stereocenters. The van der Waals surface area contributed by atoms with E-state index in [4.69, 9.17) is 4.74 Å². The molecule has 1 aromatic carbocycles. The number of nitrogens with one attached hydrogen (secondary N) is 1. The van der Waals surface area contributed by atoms with Crippen LogP contribution in [0.1, 0.15) is 27.2 Å². The summed E-state index contributed by atoms with van der Waals surface area (Å²) >= 11 is -0.171. The van der Waals surface area contributed by atoms with Crippen molar-refractivity contribution in [3.63, 3.8) is 0 Å². The number of aliphatic hydroxyl groups excluding tert-OH is 1. The molecule has 0 spiro atoms. The van der Waals surface area contributed by atoms with Crippen LogP contribution in [0.2, 0.25) is 0 Å². The molecule has 0 saturated carbocycles. The molecule has 0 bridgehead atoms. The minimum atomic E-state index is -4.32. The normalized spacial score (nSPS) is 21.4. The van der Waals surface area contributed by atoms with Gasteiger partial charge in [-0.1, -0.05) is 0 Å². The summed E-state index contributed by atoms with van der Waals surface area (Å²) in [7, 11) is 0. The fraction of sp³-hybridized carbons (Fsp3) is 0.588. The van der Waals surface area contributed by atoms with Gasteiger partial charge in [-0.2, -0.15) is 13.2 Å². The van der Waals surface area contributed by atoms with Gasteiger partial charge in [0.15, 0.2) is 0 Å². The summed E-state index contributed by atoms with van der Waals surface area (Å²) in [6, 6.07) is 5.54. The van der Waals surface area contributed by atoms with E-state index in [-0.39, 0.29) is 29.2 Å². The standard InChI is InChI=1S/C17H23F3N2O3S/c1-16(2,3)25-15(24)22-9-8-13(14(23)10-22)21-11-4-6-12(7-5-11)26-17(18,19)20/h4-7,13-14,21,23H,8-10H2,1-3H3/t13-,14+/m1/s1. The Morgan fingerprint density at radius 3 is 2.38 bits per heavy atom. The first-order valence-electron chi connectivity index (χ1n) is 8.21. The Bertz CT molecular complexity index is 617. The van der Waals surface area contributed by atoms with Crippen molar-refractivity contribution in [3.8, 4) is 0 Å². The summed E-state index contributed by atoms with van der Waals surface area (Å²) in [4.78, 5) is 13.6. The van der Waals surface area contributed by atoms with E-state index < -0.39 is 23.3 Å². The van der Waals surface area contributed by atoms with Crippen molar-refractivity contribution in [2.24, 2.45) is 0 Å². The molecule has 1 aliphatic rings. The lowest BCUT2D eigenvalue weighted by Crippen LogP contribution is -2.52. The summed E-state index contributed by atoms with van der Waals surface area (Å²) < 4.78 is 42.3. The van der Waals surface area contributed by atoms with Crippen molar-refractivity contribution >= 4 is 23.5 Å². The predicted molar refractivity (Wildman–Crippen MR) is 94.2 cm³/mol. The van der Waals surface area contributed by atoms with Crippen LogP contribution in [0.5, 0.6) is 0 Å². The van der Waals surface area contributed by atoms with Crippen LogP contribution in [0.15, 0.2) is 29.2 Å². The lowest BCUT2D eigenvalue weighted by atomic mass is 10.0. The number of carbonyl (C=O) groups is 1. The molecule has 0 radical (unpaired) electrons. The number of piperidine rings is 1. The number of carbonyl (C=O) groups excluding carboxylic acids is 1. The highest BCUT2D eigenvalue weighted by molar-refractivity contribution is 8.00. The summed E-state index contributed by atoms with van der Waals surface area (Å²) in [5.74, 6) is 0. The number of benzene rings is 1. The average molecular weight is 392 g/mol. The van der Waals surface area contributed by atoms with E-state index in [0.717, 1.165) is 0 Å². The van der Waals surface area contributed by atoms with Gasteiger partial charge in [-0.05, 0) is 63.2 Å². The Morgan fingerprint density at radius 2 is 1.88 bits per heavy atom. The Morgan fingerprint density at radius 1 is 1.27 bits per heavy atom. The van der Waals surface area contributed by atoms with Crippen molar-refractivity contribution in [1.29, 1.82) is 0 Å². The number of rotatable bonds is 3. The van der Waals surface area contributed by atoms with Crippen LogP contribution >= 0.6 is 11.8 Å². The van der Waals surface area contributed by atoms with Gasteiger partial charge in [0.05, 0.1) is 18.7 Å². The van der Waals surface area contributed by atoms with E-state index in [9.17, 15) is 23.1 Å². The number of hydrogen-bond donors (Lipinski definition) is 2. The zero-order valence-corrected chi connectivity index (χ0v) is 15.7. The van der Waals surface area contributed by atoms with Crippen LogP contribution in [0.25, 0.3) is 0 Å². The number of nitrogens with zero attached hydrogens (tertiary/aromatic N) is 1. The van der Waals surface area contributed by atoms with E-state index in [1.54, 1.807) is 32.9 Å². The Balaban J connectivity index is 1.89. The zero-order chi connectivity index (χ0) is 19.5. The predicted octanol–water partition coefficient (Wildman–Crippen LogP) is 4.08. The monoisotopic (exact) mass is 392 g/mol. The van der Waals surface area contributed by atoms with Crippen LogP contribution in [0.3, 0.4) is 0 Å². The number of ether oxygens (including phenoxy) is 1. The van der Waals surface area contributed by atoms with Crippen LogP contribution in [-0.4, -0.2) is 52.4 Å². The number of amides is 1. The summed E-state index contributed by atoms with van der Waals surface area (Å²) in [5, 5.41) is 13.4.